The summed E-state index contributed by atoms with van der Waals surface area (Å²) in [4.78, 5) is 24.6. The van der Waals surface area contributed by atoms with Gasteiger partial charge in [0.1, 0.15) is 0 Å². The van der Waals surface area contributed by atoms with Crippen LogP contribution in [0.25, 0.3) is 0 Å². The van der Waals surface area contributed by atoms with E-state index >= 15 is 0 Å². The summed E-state index contributed by atoms with van der Waals surface area (Å²) in [6.45, 7) is 0.587. The van der Waals surface area contributed by atoms with Gasteiger partial charge in [-0.2, -0.15) is 0 Å². The second-order valence-electron chi connectivity index (χ2n) is 3.22. The molecule has 0 fully saturated rings. The maximum atomic E-state index is 11.6. The lowest BCUT2D eigenvalue weighted by atomic mass is 10.4. The molecule has 1 N–H and O–H groups in total. The van der Waals surface area contributed by atoms with Gasteiger partial charge in [0.25, 0.3) is 0 Å². The molecule has 0 unspecified atom stereocenters. The fourth-order valence-corrected chi connectivity index (χ4v) is 2.49. The van der Waals surface area contributed by atoms with Crippen LogP contribution < -0.4 is 0 Å². The van der Waals surface area contributed by atoms with Gasteiger partial charge in [-0.15, -0.1) is 23.1 Å². The number of aliphatic carboxylic acids is 1. The first-order valence-electron chi connectivity index (χ1n) is 4.65. The van der Waals surface area contributed by atoms with Crippen molar-refractivity contribution in [3.63, 3.8) is 0 Å². The van der Waals surface area contributed by atoms with Gasteiger partial charge in [-0.1, -0.05) is 6.07 Å². The SMILES string of the molecule is CN(Cc1cccs1)C(=O)CSCC(=O)O. The zero-order chi connectivity index (χ0) is 12.0. The van der Waals surface area contributed by atoms with E-state index < -0.39 is 5.97 Å². The predicted molar refractivity (Wildman–Crippen MR) is 65.8 cm³/mol. The highest BCUT2D eigenvalue weighted by Gasteiger charge is 2.10. The Morgan fingerprint density at radius 2 is 2.25 bits per heavy atom. The summed E-state index contributed by atoms with van der Waals surface area (Å²) >= 11 is 2.73. The topological polar surface area (TPSA) is 57.6 Å². The van der Waals surface area contributed by atoms with Gasteiger partial charge in [0.2, 0.25) is 5.91 Å². The molecule has 0 saturated carbocycles. The van der Waals surface area contributed by atoms with Crippen molar-refractivity contribution in [1.82, 2.24) is 4.90 Å². The number of thiophene rings is 1. The van der Waals surface area contributed by atoms with Gasteiger partial charge in [0.05, 0.1) is 18.1 Å². The highest BCUT2D eigenvalue weighted by Crippen LogP contribution is 2.11. The van der Waals surface area contributed by atoms with E-state index in [1.165, 1.54) is 0 Å². The highest BCUT2D eigenvalue weighted by atomic mass is 32.2. The summed E-state index contributed by atoms with van der Waals surface area (Å²) in [6, 6.07) is 3.91. The maximum Gasteiger partial charge on any atom is 0.313 e. The third kappa shape index (κ3) is 4.67. The minimum atomic E-state index is -0.890. The normalized spacial score (nSPS) is 10.1. The Morgan fingerprint density at radius 1 is 1.50 bits per heavy atom. The molecule has 0 atom stereocenters. The molecule has 1 aromatic heterocycles. The number of amides is 1. The Hall–Kier alpha value is -1.01. The Bertz CT molecular complexity index is 351. The first-order valence-corrected chi connectivity index (χ1v) is 6.69. The van der Waals surface area contributed by atoms with Gasteiger partial charge in [0, 0.05) is 11.9 Å². The van der Waals surface area contributed by atoms with E-state index in [1.54, 1.807) is 23.3 Å². The Kier molecular flexibility index (Phi) is 5.34. The Morgan fingerprint density at radius 3 is 2.81 bits per heavy atom. The number of hydrogen-bond donors (Lipinski definition) is 1. The molecule has 0 bridgehead atoms. The van der Waals surface area contributed by atoms with Crippen molar-refractivity contribution in [1.29, 1.82) is 0 Å². The lowest BCUT2D eigenvalue weighted by Gasteiger charge is -2.15. The molecule has 88 valence electrons. The lowest BCUT2D eigenvalue weighted by molar-refractivity contribution is -0.133. The van der Waals surface area contributed by atoms with E-state index in [0.29, 0.717) is 6.54 Å². The zero-order valence-electron chi connectivity index (χ0n) is 8.88. The quantitative estimate of drug-likeness (QED) is 0.841. The van der Waals surface area contributed by atoms with Gasteiger partial charge in [-0.25, -0.2) is 0 Å². The summed E-state index contributed by atoms with van der Waals surface area (Å²) in [5, 5.41) is 10.4. The summed E-state index contributed by atoms with van der Waals surface area (Å²) in [5.41, 5.74) is 0. The van der Waals surface area contributed by atoms with Crippen LogP contribution in [0.5, 0.6) is 0 Å². The van der Waals surface area contributed by atoms with Crippen molar-refractivity contribution in [2.45, 2.75) is 6.54 Å². The molecule has 0 saturated heterocycles. The van der Waals surface area contributed by atoms with Crippen molar-refractivity contribution in [3.8, 4) is 0 Å². The third-order valence-electron chi connectivity index (χ3n) is 1.85. The molecule has 0 aliphatic heterocycles. The van der Waals surface area contributed by atoms with Crippen LogP contribution in [0.1, 0.15) is 4.88 Å². The molecule has 1 heterocycles. The number of carbonyl (C=O) groups is 2. The van der Waals surface area contributed by atoms with E-state index in [2.05, 4.69) is 0 Å². The van der Waals surface area contributed by atoms with E-state index in [4.69, 9.17) is 5.11 Å². The number of nitrogens with zero attached hydrogens (tertiary/aromatic N) is 1. The lowest BCUT2D eigenvalue weighted by Crippen LogP contribution is -2.27. The molecule has 0 aromatic carbocycles. The molecule has 1 amide bonds. The van der Waals surface area contributed by atoms with Gasteiger partial charge in [0.15, 0.2) is 0 Å². The van der Waals surface area contributed by atoms with Crippen molar-refractivity contribution >= 4 is 35.0 Å². The number of rotatable bonds is 6. The largest absolute Gasteiger partial charge is 0.481 e. The number of thioether (sulfide) groups is 1. The number of hydrogen-bond acceptors (Lipinski definition) is 4. The molecular weight excluding hydrogens is 246 g/mol. The Balaban J connectivity index is 2.28. The molecule has 0 radical (unpaired) electrons. The van der Waals surface area contributed by atoms with Crippen LogP contribution >= 0.6 is 23.1 Å². The molecular formula is C10H13NO3S2. The minimum Gasteiger partial charge on any atom is -0.481 e. The van der Waals surface area contributed by atoms with Crippen LogP contribution in [0.4, 0.5) is 0 Å². The van der Waals surface area contributed by atoms with Crippen molar-refractivity contribution < 1.29 is 14.7 Å². The van der Waals surface area contributed by atoms with E-state index in [9.17, 15) is 9.59 Å². The zero-order valence-corrected chi connectivity index (χ0v) is 10.5. The van der Waals surface area contributed by atoms with Gasteiger partial charge in [-0.3, -0.25) is 9.59 Å². The third-order valence-corrected chi connectivity index (χ3v) is 3.61. The highest BCUT2D eigenvalue weighted by molar-refractivity contribution is 8.00. The molecule has 1 rings (SSSR count). The fraction of sp³-hybridized carbons (Fsp3) is 0.400. The molecule has 1 aromatic rings. The number of carboxylic acid groups (broad SMARTS) is 1. The smallest absolute Gasteiger partial charge is 0.313 e. The van der Waals surface area contributed by atoms with Crippen molar-refractivity contribution in [3.05, 3.63) is 22.4 Å². The van der Waals surface area contributed by atoms with Gasteiger partial charge < -0.3 is 10.0 Å². The van der Waals surface area contributed by atoms with Crippen LogP contribution in [0.2, 0.25) is 0 Å². The molecule has 6 heteroatoms. The number of carbonyl (C=O) groups excluding carboxylic acids is 1. The second-order valence-corrected chi connectivity index (χ2v) is 5.23. The summed E-state index contributed by atoms with van der Waals surface area (Å²) < 4.78 is 0. The Labute approximate surface area is 102 Å². The minimum absolute atomic E-state index is 0.0292. The first kappa shape index (κ1) is 13.1. The molecule has 0 aliphatic rings. The number of carboxylic acids is 1. The first-order chi connectivity index (χ1) is 7.59. The average Bonchev–Trinajstić information content (AvgIpc) is 2.69. The van der Waals surface area contributed by atoms with Gasteiger partial charge >= 0.3 is 5.97 Å². The maximum absolute atomic E-state index is 11.6. The van der Waals surface area contributed by atoms with Crippen LogP contribution in [0.15, 0.2) is 17.5 Å². The van der Waals surface area contributed by atoms with E-state index in [1.807, 2.05) is 17.5 Å². The fourth-order valence-electron chi connectivity index (χ4n) is 1.06. The van der Waals surface area contributed by atoms with Crippen LogP contribution in [-0.4, -0.2) is 40.4 Å². The van der Waals surface area contributed by atoms with Gasteiger partial charge in [-0.05, 0) is 11.4 Å². The monoisotopic (exact) mass is 259 g/mol. The van der Waals surface area contributed by atoms with E-state index in [-0.39, 0.29) is 17.4 Å². The van der Waals surface area contributed by atoms with Crippen molar-refractivity contribution in [2.24, 2.45) is 0 Å². The van der Waals surface area contributed by atoms with Crippen molar-refractivity contribution in [2.75, 3.05) is 18.6 Å². The summed E-state index contributed by atoms with van der Waals surface area (Å²) in [5.74, 6) is -0.745. The molecule has 0 spiro atoms. The average molecular weight is 259 g/mol. The molecule has 16 heavy (non-hydrogen) atoms. The van der Waals surface area contributed by atoms with Crippen LogP contribution in [-0.2, 0) is 16.1 Å². The van der Waals surface area contributed by atoms with E-state index in [0.717, 1.165) is 16.6 Å². The molecule has 0 aliphatic carbocycles. The predicted octanol–water partition coefficient (Wildman–Crippen LogP) is 1.52. The van der Waals surface area contributed by atoms with Crippen LogP contribution in [0.3, 0.4) is 0 Å². The van der Waals surface area contributed by atoms with Crippen LogP contribution in [0, 0.1) is 0 Å². The summed E-state index contributed by atoms with van der Waals surface area (Å²) in [7, 11) is 1.73. The second kappa shape index (κ2) is 6.55. The summed E-state index contributed by atoms with van der Waals surface area (Å²) in [6.07, 6.45) is 0. The molecule has 4 nitrogen and oxygen atoms in total. The standard InChI is InChI=1S/C10H13NO3S2/c1-11(5-8-3-2-4-16-8)9(12)6-15-7-10(13)14/h2-4H,5-7H2,1H3,(H,13,14).